The van der Waals surface area contributed by atoms with Crippen molar-refractivity contribution in [1.29, 1.82) is 0 Å². The molecule has 23 heavy (non-hydrogen) atoms. The Morgan fingerprint density at radius 3 is 2.26 bits per heavy atom. The number of rotatable bonds is 5. The van der Waals surface area contributed by atoms with Crippen LogP contribution in [0, 0.1) is 0 Å². The molecule has 0 saturated heterocycles. The van der Waals surface area contributed by atoms with Gasteiger partial charge in [-0.25, -0.2) is 9.80 Å². The highest BCUT2D eigenvalue weighted by atomic mass is 32.1. The summed E-state index contributed by atoms with van der Waals surface area (Å²) in [4.78, 5) is 27.5. The van der Waals surface area contributed by atoms with Gasteiger partial charge in [0.2, 0.25) is 0 Å². The number of thiophene rings is 1. The van der Waals surface area contributed by atoms with Gasteiger partial charge in [-0.05, 0) is 32.2 Å². The maximum Gasteiger partial charge on any atom is 0.410 e. The molecule has 130 valence electrons. The first-order valence-corrected chi connectivity index (χ1v) is 8.34. The van der Waals surface area contributed by atoms with Crippen molar-refractivity contribution in [3.63, 3.8) is 0 Å². The van der Waals surface area contributed by atoms with Gasteiger partial charge in [0.25, 0.3) is 5.91 Å². The molecule has 0 spiro atoms. The molecule has 0 saturated carbocycles. The molecule has 1 aromatic rings. The van der Waals surface area contributed by atoms with Gasteiger partial charge in [-0.2, -0.15) is 0 Å². The fraction of sp³-hybridized carbons (Fsp3) is 0.625. The number of carbonyl (C=O) groups is 2. The number of amides is 2. The Morgan fingerprint density at radius 1 is 1.22 bits per heavy atom. The normalized spacial score (nSPS) is 12.9. The highest BCUT2D eigenvalue weighted by Crippen LogP contribution is 2.18. The average Bonchev–Trinajstić information content (AvgIpc) is 2.93. The number of likely N-dealkylation sites (N-methyl/N-ethyl adjacent to an activating group) is 2. The van der Waals surface area contributed by atoms with Crippen molar-refractivity contribution in [2.45, 2.75) is 38.8 Å². The van der Waals surface area contributed by atoms with Crippen LogP contribution in [-0.4, -0.2) is 66.8 Å². The molecular weight excluding hydrogens is 314 g/mol. The Bertz CT molecular complexity index is 523. The van der Waals surface area contributed by atoms with Crippen molar-refractivity contribution in [2.75, 3.05) is 28.2 Å². The summed E-state index contributed by atoms with van der Waals surface area (Å²) < 4.78 is 5.40. The molecule has 0 aliphatic heterocycles. The monoisotopic (exact) mass is 341 g/mol. The summed E-state index contributed by atoms with van der Waals surface area (Å²) >= 11 is 1.57. The van der Waals surface area contributed by atoms with E-state index >= 15 is 0 Å². The third-order valence-electron chi connectivity index (χ3n) is 3.33. The van der Waals surface area contributed by atoms with Gasteiger partial charge in [0.05, 0.1) is 0 Å². The molecular formula is C16H27N3O3S. The lowest BCUT2D eigenvalue weighted by molar-refractivity contribution is -0.147. The highest BCUT2D eigenvalue weighted by Gasteiger charge is 2.33. The van der Waals surface area contributed by atoms with Crippen molar-refractivity contribution in [3.05, 3.63) is 22.4 Å². The molecule has 0 fully saturated rings. The highest BCUT2D eigenvalue weighted by molar-refractivity contribution is 7.09. The minimum absolute atomic E-state index is 0.156. The molecule has 0 aliphatic rings. The van der Waals surface area contributed by atoms with Gasteiger partial charge in [-0.15, -0.1) is 11.3 Å². The number of ether oxygens (including phenoxy) is 1. The molecule has 0 aromatic carbocycles. The predicted molar refractivity (Wildman–Crippen MR) is 92.3 cm³/mol. The fourth-order valence-electron chi connectivity index (χ4n) is 1.88. The number of nitrogens with zero attached hydrogens (tertiary/aromatic N) is 3. The van der Waals surface area contributed by atoms with Crippen LogP contribution in [0.25, 0.3) is 0 Å². The van der Waals surface area contributed by atoms with Gasteiger partial charge in [0, 0.05) is 39.5 Å². The van der Waals surface area contributed by atoms with E-state index in [1.54, 1.807) is 65.3 Å². The van der Waals surface area contributed by atoms with E-state index in [0.717, 1.165) is 4.88 Å². The molecule has 6 nitrogen and oxygen atoms in total. The van der Waals surface area contributed by atoms with E-state index in [1.807, 2.05) is 17.5 Å². The topological polar surface area (TPSA) is 53.1 Å². The summed E-state index contributed by atoms with van der Waals surface area (Å²) in [6.07, 6.45) is -0.0377. The molecule has 1 unspecified atom stereocenters. The average molecular weight is 341 g/mol. The number of hydrogen-bond donors (Lipinski definition) is 0. The van der Waals surface area contributed by atoms with Crippen LogP contribution < -0.4 is 0 Å². The number of carbonyl (C=O) groups excluding carboxylic acids is 2. The maximum absolute atomic E-state index is 12.8. The molecule has 0 bridgehead atoms. The molecule has 1 aromatic heterocycles. The lowest BCUT2D eigenvalue weighted by atomic mass is 10.1. The second-order valence-corrected chi connectivity index (χ2v) is 7.63. The molecule has 1 atom stereocenters. The summed E-state index contributed by atoms with van der Waals surface area (Å²) in [5.41, 5.74) is -0.602. The van der Waals surface area contributed by atoms with Crippen LogP contribution in [0.15, 0.2) is 17.5 Å². The standard InChI is InChI=1S/C16H27N3O3S/c1-16(2,3)22-15(21)18(6)13(11-12-9-8-10-23-12)14(20)19(7)17(4)5/h8-10,13H,11H2,1-7H3. The molecule has 1 rings (SSSR count). The molecule has 0 N–H and O–H groups in total. The number of hydrogen-bond acceptors (Lipinski definition) is 5. The van der Waals surface area contributed by atoms with Crippen molar-refractivity contribution < 1.29 is 14.3 Å². The summed E-state index contributed by atoms with van der Waals surface area (Å²) in [6, 6.07) is 3.28. The van der Waals surface area contributed by atoms with Crippen LogP contribution in [0.5, 0.6) is 0 Å². The van der Waals surface area contributed by atoms with Gasteiger partial charge in [-0.3, -0.25) is 14.7 Å². The third-order valence-corrected chi connectivity index (χ3v) is 4.23. The Kier molecular flexibility index (Phi) is 6.58. The minimum Gasteiger partial charge on any atom is -0.444 e. The summed E-state index contributed by atoms with van der Waals surface area (Å²) in [6.45, 7) is 5.42. The zero-order chi connectivity index (χ0) is 17.8. The van der Waals surface area contributed by atoms with E-state index < -0.39 is 17.7 Å². The van der Waals surface area contributed by atoms with Gasteiger partial charge in [-0.1, -0.05) is 6.07 Å². The van der Waals surface area contributed by atoms with E-state index in [4.69, 9.17) is 4.74 Å². The van der Waals surface area contributed by atoms with Crippen LogP contribution in [0.3, 0.4) is 0 Å². The van der Waals surface area contributed by atoms with Crippen LogP contribution in [0.4, 0.5) is 4.79 Å². The number of hydrazine groups is 1. The zero-order valence-corrected chi connectivity index (χ0v) is 15.8. The Hall–Kier alpha value is -1.60. The van der Waals surface area contributed by atoms with Crippen molar-refractivity contribution >= 4 is 23.3 Å². The van der Waals surface area contributed by atoms with E-state index in [1.165, 1.54) is 9.91 Å². The van der Waals surface area contributed by atoms with Crippen LogP contribution in [-0.2, 0) is 16.0 Å². The van der Waals surface area contributed by atoms with E-state index in [2.05, 4.69) is 0 Å². The van der Waals surface area contributed by atoms with Crippen LogP contribution >= 0.6 is 11.3 Å². The fourth-order valence-corrected chi connectivity index (χ4v) is 2.63. The molecule has 1 heterocycles. The molecule has 0 aliphatic carbocycles. The zero-order valence-electron chi connectivity index (χ0n) is 15.0. The maximum atomic E-state index is 12.8. The van der Waals surface area contributed by atoms with Crippen molar-refractivity contribution in [2.24, 2.45) is 0 Å². The van der Waals surface area contributed by atoms with E-state index in [9.17, 15) is 9.59 Å². The quantitative estimate of drug-likeness (QED) is 0.772. The van der Waals surface area contributed by atoms with Gasteiger partial charge >= 0.3 is 6.09 Å². The van der Waals surface area contributed by atoms with Gasteiger partial charge in [0.1, 0.15) is 11.6 Å². The summed E-state index contributed by atoms with van der Waals surface area (Å²) in [7, 11) is 6.86. The molecule has 0 radical (unpaired) electrons. The lowest BCUT2D eigenvalue weighted by Crippen LogP contribution is -2.53. The van der Waals surface area contributed by atoms with E-state index in [0.29, 0.717) is 6.42 Å². The Balaban J connectivity index is 2.98. The van der Waals surface area contributed by atoms with E-state index in [-0.39, 0.29) is 5.91 Å². The lowest BCUT2D eigenvalue weighted by Gasteiger charge is -2.34. The molecule has 7 heteroatoms. The Labute approximate surface area is 142 Å². The minimum atomic E-state index is -0.615. The van der Waals surface area contributed by atoms with Crippen molar-refractivity contribution in [3.8, 4) is 0 Å². The van der Waals surface area contributed by atoms with Crippen molar-refractivity contribution in [1.82, 2.24) is 14.9 Å². The van der Waals surface area contributed by atoms with Crippen LogP contribution in [0.2, 0.25) is 0 Å². The van der Waals surface area contributed by atoms with Crippen LogP contribution in [0.1, 0.15) is 25.6 Å². The summed E-state index contributed by atoms with van der Waals surface area (Å²) in [5, 5.41) is 5.14. The first kappa shape index (κ1) is 19.4. The first-order valence-electron chi connectivity index (χ1n) is 7.46. The second-order valence-electron chi connectivity index (χ2n) is 6.60. The second kappa shape index (κ2) is 7.79. The van der Waals surface area contributed by atoms with Gasteiger partial charge in [0.15, 0.2) is 0 Å². The van der Waals surface area contributed by atoms with Gasteiger partial charge < -0.3 is 4.74 Å². The smallest absolute Gasteiger partial charge is 0.410 e. The predicted octanol–water partition coefficient (Wildman–Crippen LogP) is 2.46. The largest absolute Gasteiger partial charge is 0.444 e. The Morgan fingerprint density at radius 2 is 1.83 bits per heavy atom. The first-order chi connectivity index (χ1) is 10.5. The summed E-state index contributed by atoms with van der Waals surface area (Å²) in [5.74, 6) is -0.156. The third kappa shape index (κ3) is 5.84. The SMILES string of the molecule is CN(C(=O)OC(C)(C)C)C(Cc1cccs1)C(=O)N(C)N(C)C. The molecule has 2 amide bonds.